The van der Waals surface area contributed by atoms with Crippen molar-refractivity contribution >= 4 is 15.8 Å². The number of hydrogen-bond donors (Lipinski definition) is 2. The maximum Gasteiger partial charge on any atom is 0.293 e. The van der Waals surface area contributed by atoms with Gasteiger partial charge in [-0.25, -0.2) is 18.1 Å². The van der Waals surface area contributed by atoms with Crippen molar-refractivity contribution in [1.29, 1.82) is 0 Å². The van der Waals surface area contributed by atoms with Gasteiger partial charge in [-0.05, 0) is 7.05 Å². The third kappa shape index (κ3) is 3.31. The van der Waals surface area contributed by atoms with Crippen LogP contribution in [-0.4, -0.2) is 37.3 Å². The highest BCUT2D eigenvalue weighted by Gasteiger charge is 2.07. The van der Waals surface area contributed by atoms with E-state index in [2.05, 4.69) is 15.0 Å². The summed E-state index contributed by atoms with van der Waals surface area (Å²) >= 11 is 0. The minimum absolute atomic E-state index is 0.108. The van der Waals surface area contributed by atoms with Gasteiger partial charge in [-0.1, -0.05) is 0 Å². The molecule has 0 fully saturated rings. The quantitative estimate of drug-likeness (QED) is 0.676. The first-order valence-electron chi connectivity index (χ1n) is 4.63. The van der Waals surface area contributed by atoms with Crippen LogP contribution in [0.5, 0.6) is 0 Å². The molecule has 0 amide bonds. The van der Waals surface area contributed by atoms with E-state index in [9.17, 15) is 13.2 Å². The summed E-state index contributed by atoms with van der Waals surface area (Å²) in [6, 6.07) is 0. The molecule has 0 aliphatic heterocycles. The van der Waals surface area contributed by atoms with Gasteiger partial charge in [-0.15, -0.1) is 0 Å². The average Bonchev–Trinajstić information content (AvgIpc) is 2.24. The van der Waals surface area contributed by atoms with E-state index in [-0.39, 0.29) is 23.7 Å². The van der Waals surface area contributed by atoms with Crippen LogP contribution < -0.4 is 15.6 Å². The van der Waals surface area contributed by atoms with Crippen molar-refractivity contribution in [2.24, 2.45) is 7.05 Å². The zero-order chi connectivity index (χ0) is 12.2. The highest BCUT2D eigenvalue weighted by molar-refractivity contribution is 7.89. The lowest BCUT2D eigenvalue weighted by molar-refractivity contribution is 0.588. The lowest BCUT2D eigenvalue weighted by Gasteiger charge is -2.06. The molecule has 0 aromatic carbocycles. The maximum absolute atomic E-state index is 11.5. The summed E-state index contributed by atoms with van der Waals surface area (Å²) in [4.78, 5) is 15.3. The van der Waals surface area contributed by atoms with Crippen LogP contribution in [0.2, 0.25) is 0 Å². The molecule has 0 aliphatic carbocycles. The molecule has 16 heavy (non-hydrogen) atoms. The summed E-state index contributed by atoms with van der Waals surface area (Å²) < 4.78 is 25.7. The lowest BCUT2D eigenvalue weighted by atomic mass is 10.6. The first-order valence-corrected chi connectivity index (χ1v) is 6.28. The zero-order valence-electron chi connectivity index (χ0n) is 9.10. The summed E-state index contributed by atoms with van der Waals surface area (Å²) in [7, 11) is -0.323. The molecule has 0 spiro atoms. The van der Waals surface area contributed by atoms with Crippen molar-refractivity contribution in [1.82, 2.24) is 14.3 Å². The van der Waals surface area contributed by atoms with Crippen molar-refractivity contribution in [2.45, 2.75) is 0 Å². The highest BCUT2D eigenvalue weighted by Crippen LogP contribution is 1.91. The molecule has 1 rings (SSSR count). The summed E-state index contributed by atoms with van der Waals surface area (Å²) in [5.41, 5.74) is -0.288. The van der Waals surface area contributed by atoms with Crippen LogP contribution in [0.3, 0.4) is 0 Å². The first kappa shape index (κ1) is 12.7. The molecule has 1 aromatic heterocycles. The molecule has 1 aromatic rings. The number of nitrogens with zero attached hydrogens (tertiary/aromatic N) is 2. The molecule has 7 nitrogen and oxygen atoms in total. The van der Waals surface area contributed by atoms with Crippen LogP contribution in [0.25, 0.3) is 0 Å². The number of anilines is 1. The molecular weight excluding hydrogens is 232 g/mol. The van der Waals surface area contributed by atoms with E-state index in [4.69, 9.17) is 0 Å². The minimum Gasteiger partial charge on any atom is -0.364 e. The van der Waals surface area contributed by atoms with Gasteiger partial charge < -0.3 is 9.88 Å². The number of aryl methyl sites for hydroxylation is 1. The molecule has 0 bridgehead atoms. The van der Waals surface area contributed by atoms with Crippen molar-refractivity contribution in [3.8, 4) is 0 Å². The smallest absolute Gasteiger partial charge is 0.293 e. The summed E-state index contributed by atoms with van der Waals surface area (Å²) in [6.45, 7) is 0.134. The Bertz CT molecular complexity index is 508. The summed E-state index contributed by atoms with van der Waals surface area (Å²) in [5, 5.41) is 2.68. The predicted molar refractivity (Wildman–Crippen MR) is 60.8 cm³/mol. The molecule has 0 saturated carbocycles. The van der Waals surface area contributed by atoms with E-state index in [1.807, 2.05) is 0 Å². The van der Waals surface area contributed by atoms with Crippen molar-refractivity contribution < 1.29 is 8.42 Å². The zero-order valence-corrected chi connectivity index (χ0v) is 9.91. The largest absolute Gasteiger partial charge is 0.364 e. The molecule has 2 N–H and O–H groups in total. The number of nitrogens with one attached hydrogen (secondary N) is 2. The fraction of sp³-hybridized carbons (Fsp3) is 0.500. The van der Waals surface area contributed by atoms with Gasteiger partial charge >= 0.3 is 0 Å². The first-order chi connectivity index (χ1) is 7.46. The third-order valence-corrected chi connectivity index (χ3v) is 3.35. The Hall–Kier alpha value is -1.41. The second kappa shape index (κ2) is 5.08. The van der Waals surface area contributed by atoms with Crippen LogP contribution in [0, 0.1) is 0 Å². The van der Waals surface area contributed by atoms with Gasteiger partial charge in [0.05, 0.1) is 5.75 Å². The molecule has 8 heteroatoms. The molecule has 1 heterocycles. The van der Waals surface area contributed by atoms with Crippen LogP contribution in [0.1, 0.15) is 0 Å². The Kier molecular flexibility index (Phi) is 4.02. The van der Waals surface area contributed by atoms with E-state index in [1.165, 1.54) is 24.0 Å². The second-order valence-corrected chi connectivity index (χ2v) is 5.19. The van der Waals surface area contributed by atoms with Gasteiger partial charge in [0, 0.05) is 26.0 Å². The van der Waals surface area contributed by atoms with Crippen molar-refractivity contribution in [3.05, 3.63) is 22.7 Å². The molecule has 0 radical (unpaired) electrons. The van der Waals surface area contributed by atoms with Crippen molar-refractivity contribution in [3.63, 3.8) is 0 Å². The third-order valence-electron chi connectivity index (χ3n) is 1.99. The van der Waals surface area contributed by atoms with Gasteiger partial charge in [0.1, 0.15) is 0 Å². The number of rotatable bonds is 5. The second-order valence-electron chi connectivity index (χ2n) is 3.14. The Morgan fingerprint density at radius 1 is 1.50 bits per heavy atom. The lowest BCUT2D eigenvalue weighted by Crippen LogP contribution is -2.29. The van der Waals surface area contributed by atoms with Gasteiger partial charge in [0.2, 0.25) is 10.0 Å². The van der Waals surface area contributed by atoms with Gasteiger partial charge in [-0.2, -0.15) is 0 Å². The molecule has 0 unspecified atom stereocenters. The topological polar surface area (TPSA) is 93.1 Å². The number of aromatic nitrogens is 2. The summed E-state index contributed by atoms with van der Waals surface area (Å²) in [5.74, 6) is 0.0414. The Labute approximate surface area is 93.6 Å². The molecular formula is C8H14N4O3S. The maximum atomic E-state index is 11.5. The SMILES string of the molecule is CNS(=O)(=O)CCNc1nccn(C)c1=O. The number of hydrogen-bond acceptors (Lipinski definition) is 5. The number of sulfonamides is 1. The molecule has 90 valence electrons. The Balaban J connectivity index is 2.63. The van der Waals surface area contributed by atoms with Gasteiger partial charge in [0.15, 0.2) is 5.82 Å². The molecule has 0 atom stereocenters. The summed E-state index contributed by atoms with van der Waals surface area (Å²) in [6.07, 6.45) is 2.99. The molecule has 0 aliphatic rings. The average molecular weight is 246 g/mol. The minimum atomic E-state index is -3.26. The molecule has 0 saturated heterocycles. The Morgan fingerprint density at radius 3 is 2.81 bits per heavy atom. The van der Waals surface area contributed by atoms with Gasteiger partial charge in [0.25, 0.3) is 5.56 Å². The predicted octanol–water partition coefficient (Wildman–Crippen LogP) is -1.26. The van der Waals surface area contributed by atoms with Crippen LogP contribution >= 0.6 is 0 Å². The standard InChI is InChI=1S/C8H14N4O3S/c1-9-16(14,15)6-4-11-7-8(13)12(2)5-3-10-7/h3,5,9H,4,6H2,1-2H3,(H,10,11). The van der Waals surface area contributed by atoms with E-state index < -0.39 is 10.0 Å². The normalized spacial score (nSPS) is 11.4. The van der Waals surface area contributed by atoms with Crippen molar-refractivity contribution in [2.75, 3.05) is 24.7 Å². The van der Waals surface area contributed by atoms with E-state index in [0.717, 1.165) is 0 Å². The highest BCUT2D eigenvalue weighted by atomic mass is 32.2. The Morgan fingerprint density at radius 2 is 2.19 bits per heavy atom. The fourth-order valence-electron chi connectivity index (χ4n) is 1.02. The van der Waals surface area contributed by atoms with Crippen LogP contribution in [-0.2, 0) is 17.1 Å². The van der Waals surface area contributed by atoms with Crippen LogP contribution in [0.15, 0.2) is 17.2 Å². The van der Waals surface area contributed by atoms with E-state index in [1.54, 1.807) is 7.05 Å². The fourth-order valence-corrected chi connectivity index (χ4v) is 1.60. The van der Waals surface area contributed by atoms with E-state index in [0.29, 0.717) is 0 Å². The van der Waals surface area contributed by atoms with E-state index >= 15 is 0 Å². The monoisotopic (exact) mass is 246 g/mol. The van der Waals surface area contributed by atoms with Crippen LogP contribution in [0.4, 0.5) is 5.82 Å². The van der Waals surface area contributed by atoms with Gasteiger partial charge in [-0.3, -0.25) is 4.79 Å².